The molecule has 2 N–H and O–H groups in total. The number of carboxylic acids is 1. The Morgan fingerprint density at radius 1 is 1.40 bits per heavy atom. The summed E-state index contributed by atoms with van der Waals surface area (Å²) >= 11 is 0. The van der Waals surface area contributed by atoms with E-state index in [1.807, 2.05) is 0 Å². The van der Waals surface area contributed by atoms with E-state index in [1.54, 1.807) is 13.8 Å². The number of methoxy groups -OCH3 is 1. The SMILES string of the molecule is COC(=O)C1CCCN1C(=O)NC(C)(C)CCC(=O)O. The van der Waals surface area contributed by atoms with Crippen molar-refractivity contribution in [3.8, 4) is 0 Å². The van der Waals surface area contributed by atoms with Crippen LogP contribution in [0.2, 0.25) is 0 Å². The Labute approximate surface area is 118 Å². The summed E-state index contributed by atoms with van der Waals surface area (Å²) in [5.74, 6) is -1.32. The summed E-state index contributed by atoms with van der Waals surface area (Å²) in [6, 6.07) is -0.899. The molecule has 1 unspecified atom stereocenters. The van der Waals surface area contributed by atoms with E-state index in [-0.39, 0.29) is 12.5 Å². The van der Waals surface area contributed by atoms with Gasteiger partial charge in [0.15, 0.2) is 0 Å². The Balaban J connectivity index is 2.60. The summed E-state index contributed by atoms with van der Waals surface area (Å²) in [7, 11) is 1.30. The van der Waals surface area contributed by atoms with E-state index in [0.717, 1.165) is 6.42 Å². The average Bonchev–Trinajstić information content (AvgIpc) is 2.84. The maximum absolute atomic E-state index is 12.2. The molecule has 0 bridgehead atoms. The van der Waals surface area contributed by atoms with Crippen LogP contribution in [0.1, 0.15) is 39.5 Å². The van der Waals surface area contributed by atoms with Crippen molar-refractivity contribution in [1.82, 2.24) is 10.2 Å². The van der Waals surface area contributed by atoms with Crippen LogP contribution in [-0.4, -0.2) is 53.2 Å². The van der Waals surface area contributed by atoms with Crippen LogP contribution in [0.3, 0.4) is 0 Å². The number of amides is 2. The summed E-state index contributed by atoms with van der Waals surface area (Å²) in [6.45, 7) is 4.02. The summed E-state index contributed by atoms with van der Waals surface area (Å²) in [5, 5.41) is 11.5. The molecular weight excluding hydrogens is 264 g/mol. The number of nitrogens with zero attached hydrogens (tertiary/aromatic N) is 1. The number of esters is 1. The summed E-state index contributed by atoms with van der Waals surface area (Å²) in [6.07, 6.45) is 1.65. The van der Waals surface area contributed by atoms with E-state index in [9.17, 15) is 14.4 Å². The molecule has 1 rings (SSSR count). The molecule has 20 heavy (non-hydrogen) atoms. The second-order valence-electron chi connectivity index (χ2n) is 5.58. The van der Waals surface area contributed by atoms with Crippen LogP contribution in [0.4, 0.5) is 4.79 Å². The van der Waals surface area contributed by atoms with Crippen molar-refractivity contribution in [3.63, 3.8) is 0 Å². The number of rotatable bonds is 5. The second-order valence-corrected chi connectivity index (χ2v) is 5.58. The van der Waals surface area contributed by atoms with Crippen molar-refractivity contribution >= 4 is 18.0 Å². The largest absolute Gasteiger partial charge is 0.481 e. The lowest BCUT2D eigenvalue weighted by Crippen LogP contribution is -2.53. The number of carbonyl (C=O) groups excluding carboxylic acids is 2. The van der Waals surface area contributed by atoms with Gasteiger partial charge in [-0.1, -0.05) is 0 Å². The Morgan fingerprint density at radius 3 is 2.60 bits per heavy atom. The fourth-order valence-corrected chi connectivity index (χ4v) is 2.23. The lowest BCUT2D eigenvalue weighted by Gasteiger charge is -2.30. The monoisotopic (exact) mass is 286 g/mol. The average molecular weight is 286 g/mol. The second kappa shape index (κ2) is 6.58. The van der Waals surface area contributed by atoms with Gasteiger partial charge in [-0.3, -0.25) is 4.79 Å². The lowest BCUT2D eigenvalue weighted by atomic mass is 9.99. The highest BCUT2D eigenvalue weighted by molar-refractivity contribution is 5.84. The van der Waals surface area contributed by atoms with Gasteiger partial charge in [-0.25, -0.2) is 9.59 Å². The zero-order chi connectivity index (χ0) is 15.3. The standard InChI is InChI=1S/C13H22N2O5/c1-13(2,7-6-10(16)17)14-12(19)15-8-4-5-9(15)11(18)20-3/h9H,4-8H2,1-3H3,(H,14,19)(H,16,17). The molecule has 7 heteroatoms. The smallest absolute Gasteiger partial charge is 0.328 e. The van der Waals surface area contributed by atoms with Gasteiger partial charge in [0, 0.05) is 18.5 Å². The van der Waals surface area contributed by atoms with Gasteiger partial charge in [0.05, 0.1) is 7.11 Å². The minimum Gasteiger partial charge on any atom is -0.481 e. The van der Waals surface area contributed by atoms with Gasteiger partial charge in [-0.2, -0.15) is 0 Å². The fourth-order valence-electron chi connectivity index (χ4n) is 2.23. The normalized spacial score (nSPS) is 18.8. The third-order valence-electron chi connectivity index (χ3n) is 3.40. The number of likely N-dealkylation sites (tertiary alicyclic amines) is 1. The Bertz CT molecular complexity index is 394. The molecule has 0 radical (unpaired) electrons. The number of urea groups is 1. The first-order valence-electron chi connectivity index (χ1n) is 6.65. The maximum Gasteiger partial charge on any atom is 0.328 e. The van der Waals surface area contributed by atoms with Gasteiger partial charge in [0.25, 0.3) is 0 Å². The summed E-state index contributed by atoms with van der Waals surface area (Å²) in [4.78, 5) is 35.8. The van der Waals surface area contributed by atoms with E-state index < -0.39 is 23.5 Å². The van der Waals surface area contributed by atoms with Crippen LogP contribution >= 0.6 is 0 Å². The molecular formula is C13H22N2O5. The topological polar surface area (TPSA) is 95.9 Å². The molecule has 0 aliphatic carbocycles. The number of aliphatic carboxylic acids is 1. The van der Waals surface area contributed by atoms with E-state index in [0.29, 0.717) is 19.4 Å². The molecule has 0 aromatic heterocycles. The van der Waals surface area contributed by atoms with Crippen molar-refractivity contribution < 1.29 is 24.2 Å². The first-order valence-corrected chi connectivity index (χ1v) is 6.65. The van der Waals surface area contributed by atoms with Crippen molar-refractivity contribution in [2.45, 2.75) is 51.1 Å². The molecule has 1 heterocycles. The van der Waals surface area contributed by atoms with Crippen LogP contribution in [-0.2, 0) is 14.3 Å². The van der Waals surface area contributed by atoms with Crippen molar-refractivity contribution in [3.05, 3.63) is 0 Å². The third kappa shape index (κ3) is 4.40. The van der Waals surface area contributed by atoms with Crippen molar-refractivity contribution in [2.24, 2.45) is 0 Å². The Hall–Kier alpha value is -1.79. The third-order valence-corrected chi connectivity index (χ3v) is 3.40. The number of nitrogens with one attached hydrogen (secondary N) is 1. The van der Waals surface area contributed by atoms with Crippen molar-refractivity contribution in [2.75, 3.05) is 13.7 Å². The quantitative estimate of drug-likeness (QED) is 0.734. The molecule has 1 fully saturated rings. The molecule has 7 nitrogen and oxygen atoms in total. The zero-order valence-electron chi connectivity index (χ0n) is 12.1. The van der Waals surface area contributed by atoms with E-state index in [1.165, 1.54) is 12.0 Å². The van der Waals surface area contributed by atoms with E-state index in [4.69, 9.17) is 5.11 Å². The van der Waals surface area contributed by atoms with E-state index in [2.05, 4.69) is 10.1 Å². The molecule has 0 saturated carbocycles. The molecule has 1 aliphatic heterocycles. The molecule has 0 aromatic rings. The van der Waals surface area contributed by atoms with Crippen LogP contribution in [0, 0.1) is 0 Å². The van der Waals surface area contributed by atoms with Gasteiger partial charge in [-0.15, -0.1) is 0 Å². The molecule has 114 valence electrons. The first-order chi connectivity index (χ1) is 9.26. The number of hydrogen-bond donors (Lipinski definition) is 2. The van der Waals surface area contributed by atoms with Gasteiger partial charge in [0.2, 0.25) is 0 Å². The van der Waals surface area contributed by atoms with Gasteiger partial charge in [0.1, 0.15) is 6.04 Å². The van der Waals surface area contributed by atoms with Gasteiger partial charge >= 0.3 is 18.0 Å². The number of carboxylic acid groups (broad SMARTS) is 1. The minimum absolute atomic E-state index is 0.0201. The molecule has 0 spiro atoms. The predicted octanol–water partition coefficient (Wildman–Crippen LogP) is 0.977. The predicted molar refractivity (Wildman–Crippen MR) is 71.2 cm³/mol. The van der Waals surface area contributed by atoms with Gasteiger partial charge in [-0.05, 0) is 33.1 Å². The molecule has 2 amide bonds. The number of ether oxygens (including phenoxy) is 1. The van der Waals surface area contributed by atoms with Gasteiger partial charge < -0.3 is 20.1 Å². The molecule has 1 saturated heterocycles. The highest BCUT2D eigenvalue weighted by Gasteiger charge is 2.36. The maximum atomic E-state index is 12.2. The molecule has 1 atom stereocenters. The zero-order valence-corrected chi connectivity index (χ0v) is 12.1. The highest BCUT2D eigenvalue weighted by atomic mass is 16.5. The van der Waals surface area contributed by atoms with Crippen LogP contribution in [0.15, 0.2) is 0 Å². The molecule has 0 aromatic carbocycles. The van der Waals surface area contributed by atoms with E-state index >= 15 is 0 Å². The van der Waals surface area contributed by atoms with Crippen LogP contribution in [0.5, 0.6) is 0 Å². The van der Waals surface area contributed by atoms with Crippen LogP contribution < -0.4 is 5.32 Å². The summed E-state index contributed by atoms with van der Waals surface area (Å²) < 4.78 is 4.69. The van der Waals surface area contributed by atoms with Crippen LogP contribution in [0.25, 0.3) is 0 Å². The summed E-state index contributed by atoms with van der Waals surface area (Å²) in [5.41, 5.74) is -0.640. The fraction of sp³-hybridized carbons (Fsp3) is 0.769. The number of carbonyl (C=O) groups is 3. The Morgan fingerprint density at radius 2 is 2.05 bits per heavy atom. The Kier molecular flexibility index (Phi) is 5.35. The first kappa shape index (κ1) is 16.3. The number of hydrogen-bond acceptors (Lipinski definition) is 4. The lowest BCUT2D eigenvalue weighted by molar-refractivity contribution is -0.145. The highest BCUT2D eigenvalue weighted by Crippen LogP contribution is 2.20. The molecule has 1 aliphatic rings. The minimum atomic E-state index is -0.902. The van der Waals surface area contributed by atoms with Crippen molar-refractivity contribution in [1.29, 1.82) is 0 Å².